The Morgan fingerprint density at radius 2 is 0.667 bits per heavy atom. The highest BCUT2D eigenvalue weighted by atomic mass is 16.5. The first-order valence-electron chi connectivity index (χ1n) is 22.4. The van der Waals surface area contributed by atoms with Crippen LogP contribution in [-0.2, 0) is 14.2 Å². The molecule has 0 bridgehead atoms. The molecule has 0 aliphatic carbocycles. The normalized spacial score (nSPS) is 14.0. The molecule has 0 fully saturated rings. The van der Waals surface area contributed by atoms with E-state index < -0.39 is 22.4 Å². The van der Waals surface area contributed by atoms with Gasteiger partial charge in [-0.1, -0.05) is 97.1 Å². The van der Waals surface area contributed by atoms with E-state index in [4.69, 9.17) is 14.2 Å². The molecule has 3 atom stereocenters. The monoisotopic (exact) mass is 910 g/mol. The predicted octanol–water partition coefficient (Wildman–Crippen LogP) is 6.77. The molecule has 0 aliphatic rings. The van der Waals surface area contributed by atoms with Crippen LogP contribution in [0.4, 0.5) is 0 Å². The zero-order chi connectivity index (χ0) is 49.2. The van der Waals surface area contributed by atoms with E-state index in [1.807, 2.05) is 69.3 Å². The standard InChI is InChI=1S/C53H70N2O11/c1-33(54-44(36-12-20-40(21-13-36)46(56)50(4,5)60)37-14-22-41(23-15-37)47(57)51(6,7)61)30-64-28-29-65-32-35(3)66-31-34(2)55-45(38-16-24-42(25-17-38)48(58)52(8,9)62)39-18-26-43(27-19-39)49(59)53(10,11)63/h12-27,33-35,44-45,54-55,60-63H,28-32H2,1-11H3. The van der Waals surface area contributed by atoms with Crippen molar-refractivity contribution in [2.45, 2.75) is 129 Å². The van der Waals surface area contributed by atoms with Crippen molar-refractivity contribution in [1.29, 1.82) is 0 Å². The highest BCUT2D eigenvalue weighted by Gasteiger charge is 2.29. The minimum atomic E-state index is -1.51. The van der Waals surface area contributed by atoms with Crippen molar-refractivity contribution in [2.24, 2.45) is 0 Å². The van der Waals surface area contributed by atoms with E-state index in [1.165, 1.54) is 55.4 Å². The van der Waals surface area contributed by atoms with Crippen LogP contribution >= 0.6 is 0 Å². The van der Waals surface area contributed by atoms with Gasteiger partial charge in [0.15, 0.2) is 23.1 Å². The fourth-order valence-corrected chi connectivity index (χ4v) is 7.14. The van der Waals surface area contributed by atoms with E-state index >= 15 is 0 Å². The van der Waals surface area contributed by atoms with E-state index in [-0.39, 0.29) is 53.4 Å². The number of aliphatic hydroxyl groups is 4. The molecule has 4 aromatic rings. The van der Waals surface area contributed by atoms with E-state index in [1.54, 1.807) is 48.5 Å². The molecule has 358 valence electrons. The summed E-state index contributed by atoms with van der Waals surface area (Å²) >= 11 is 0. The molecule has 6 N–H and O–H groups in total. The highest BCUT2D eigenvalue weighted by Crippen LogP contribution is 2.28. The van der Waals surface area contributed by atoms with Crippen LogP contribution in [0.25, 0.3) is 0 Å². The van der Waals surface area contributed by atoms with Crippen LogP contribution in [-0.4, -0.2) is 117 Å². The molecule has 0 amide bonds. The highest BCUT2D eigenvalue weighted by molar-refractivity contribution is 6.03. The number of benzene rings is 4. The molecule has 3 unspecified atom stereocenters. The number of carbonyl (C=O) groups is 4. The maximum atomic E-state index is 12.7. The van der Waals surface area contributed by atoms with Crippen LogP contribution in [0.3, 0.4) is 0 Å². The number of ether oxygens (including phenoxy) is 3. The number of Topliss-reactive ketones (excluding diaryl/α,β-unsaturated/α-hetero) is 4. The third-order valence-electron chi connectivity index (χ3n) is 10.9. The van der Waals surface area contributed by atoms with E-state index in [0.717, 1.165) is 22.3 Å². The van der Waals surface area contributed by atoms with Crippen molar-refractivity contribution in [3.63, 3.8) is 0 Å². The summed E-state index contributed by atoms with van der Waals surface area (Å²) in [5.74, 6) is -1.55. The van der Waals surface area contributed by atoms with Gasteiger partial charge in [0.1, 0.15) is 22.4 Å². The second kappa shape index (κ2) is 22.8. The first-order valence-corrected chi connectivity index (χ1v) is 22.4. The van der Waals surface area contributed by atoms with Crippen LogP contribution in [0, 0.1) is 0 Å². The molecule has 0 radical (unpaired) electrons. The van der Waals surface area contributed by atoms with Gasteiger partial charge >= 0.3 is 0 Å². The van der Waals surface area contributed by atoms with Gasteiger partial charge < -0.3 is 45.3 Å². The average molecular weight is 911 g/mol. The molecule has 0 heterocycles. The van der Waals surface area contributed by atoms with E-state index in [9.17, 15) is 39.6 Å². The smallest absolute Gasteiger partial charge is 0.193 e. The Balaban J connectivity index is 1.30. The lowest BCUT2D eigenvalue weighted by Crippen LogP contribution is -2.36. The Morgan fingerprint density at radius 1 is 0.424 bits per heavy atom. The van der Waals surface area contributed by atoms with E-state index in [2.05, 4.69) is 10.6 Å². The lowest BCUT2D eigenvalue weighted by Gasteiger charge is -2.26. The first kappa shape index (κ1) is 53.8. The zero-order valence-electron chi connectivity index (χ0n) is 40.3. The minimum absolute atomic E-state index is 0.133. The zero-order valence-corrected chi connectivity index (χ0v) is 40.3. The summed E-state index contributed by atoms with van der Waals surface area (Å²) in [5, 5.41) is 48.2. The van der Waals surface area contributed by atoms with Gasteiger partial charge in [-0.15, -0.1) is 0 Å². The van der Waals surface area contributed by atoms with Gasteiger partial charge in [0.2, 0.25) is 0 Å². The molecule has 0 spiro atoms. The SMILES string of the molecule is CC(COCCOCC(C)OCC(C)NC(c1ccc(C(=O)C(C)(C)O)cc1)c1ccc(C(=O)C(C)(C)O)cc1)NC(c1ccc(C(=O)C(C)(C)O)cc1)c1ccc(C(=O)C(C)(C)O)cc1. The Hall–Kier alpha value is -4.80. The van der Waals surface area contributed by atoms with Gasteiger partial charge in [-0.05, 0) is 98.4 Å². The third kappa shape index (κ3) is 15.6. The van der Waals surface area contributed by atoms with Crippen molar-refractivity contribution in [2.75, 3.05) is 33.0 Å². The molecule has 0 aliphatic heterocycles. The molecular formula is C53H70N2O11. The summed E-state index contributed by atoms with van der Waals surface area (Å²) in [4.78, 5) is 50.8. The van der Waals surface area contributed by atoms with Gasteiger partial charge in [-0.3, -0.25) is 19.2 Å². The van der Waals surface area contributed by atoms with Crippen LogP contribution < -0.4 is 10.6 Å². The number of hydrogen-bond donors (Lipinski definition) is 6. The fourth-order valence-electron chi connectivity index (χ4n) is 7.14. The van der Waals surface area contributed by atoms with Crippen molar-refractivity contribution in [3.8, 4) is 0 Å². The number of nitrogens with one attached hydrogen (secondary N) is 2. The maximum Gasteiger partial charge on any atom is 0.193 e. The third-order valence-corrected chi connectivity index (χ3v) is 10.9. The van der Waals surface area contributed by atoms with Gasteiger partial charge in [0, 0.05) is 34.3 Å². The topological polar surface area (TPSA) is 201 Å². The molecule has 0 aromatic heterocycles. The van der Waals surface area contributed by atoms with Crippen LogP contribution in [0.15, 0.2) is 97.1 Å². The molecular weight excluding hydrogens is 841 g/mol. The first-order chi connectivity index (χ1) is 30.7. The van der Waals surface area contributed by atoms with Gasteiger partial charge in [-0.25, -0.2) is 0 Å². The lowest BCUT2D eigenvalue weighted by atomic mass is 9.91. The summed E-state index contributed by atoms with van der Waals surface area (Å²) in [5.41, 5.74) is -1.07. The summed E-state index contributed by atoms with van der Waals surface area (Å²) in [7, 11) is 0. The van der Waals surface area contributed by atoms with Gasteiger partial charge in [0.25, 0.3) is 0 Å². The predicted molar refractivity (Wildman–Crippen MR) is 254 cm³/mol. The largest absolute Gasteiger partial charge is 0.382 e. The second-order valence-corrected chi connectivity index (χ2v) is 19.3. The molecule has 0 saturated heterocycles. The Bertz CT molecular complexity index is 2070. The quantitative estimate of drug-likeness (QED) is 0.0285. The number of hydrogen-bond acceptors (Lipinski definition) is 13. The van der Waals surface area contributed by atoms with Crippen molar-refractivity contribution >= 4 is 23.1 Å². The van der Waals surface area contributed by atoms with Crippen molar-refractivity contribution < 1.29 is 53.8 Å². The summed E-state index contributed by atoms with van der Waals surface area (Å²) in [6.45, 7) is 19.3. The van der Waals surface area contributed by atoms with Gasteiger partial charge in [0.05, 0.1) is 51.2 Å². The average Bonchev–Trinajstić information content (AvgIpc) is 3.26. The molecule has 66 heavy (non-hydrogen) atoms. The molecule has 0 saturated carbocycles. The van der Waals surface area contributed by atoms with Crippen molar-refractivity contribution in [1.82, 2.24) is 10.6 Å². The van der Waals surface area contributed by atoms with Crippen LogP contribution in [0.1, 0.15) is 152 Å². The van der Waals surface area contributed by atoms with Crippen LogP contribution in [0.2, 0.25) is 0 Å². The molecule has 4 aromatic carbocycles. The van der Waals surface area contributed by atoms with Crippen molar-refractivity contribution in [3.05, 3.63) is 142 Å². The summed E-state index contributed by atoms with van der Waals surface area (Å²) in [6, 6.07) is 27.2. The number of rotatable bonds is 26. The Labute approximate surface area is 389 Å². The summed E-state index contributed by atoms with van der Waals surface area (Å²) < 4.78 is 18.0. The molecule has 13 nitrogen and oxygen atoms in total. The van der Waals surface area contributed by atoms with Crippen LogP contribution in [0.5, 0.6) is 0 Å². The molecule has 4 rings (SSSR count). The number of ketones is 4. The van der Waals surface area contributed by atoms with E-state index in [0.29, 0.717) is 55.3 Å². The molecule has 13 heteroatoms. The Morgan fingerprint density at radius 3 is 0.924 bits per heavy atom. The number of carbonyl (C=O) groups excluding carboxylic acids is 4. The maximum absolute atomic E-state index is 12.7. The Kier molecular flexibility index (Phi) is 18.6. The fraction of sp³-hybridized carbons (Fsp3) is 0.472. The summed E-state index contributed by atoms with van der Waals surface area (Å²) in [6.07, 6.45) is -0.233. The van der Waals surface area contributed by atoms with Gasteiger partial charge in [-0.2, -0.15) is 0 Å². The lowest BCUT2D eigenvalue weighted by molar-refractivity contribution is -0.0295. The second-order valence-electron chi connectivity index (χ2n) is 19.3. The minimum Gasteiger partial charge on any atom is -0.382 e.